The first-order chi connectivity index (χ1) is 9.24. The third kappa shape index (κ3) is 2.89. The Kier molecular flexibility index (Phi) is 3.42. The third-order valence-corrected chi connectivity index (χ3v) is 3.78. The molecule has 0 spiro atoms. The molecule has 1 aliphatic carbocycles. The monoisotopic (exact) mass is 318 g/mol. The van der Waals surface area contributed by atoms with Gasteiger partial charge < -0.3 is 9.88 Å². The van der Waals surface area contributed by atoms with Gasteiger partial charge in [-0.2, -0.15) is 0 Å². The number of carbonyl (C=O) groups is 1. The average Bonchev–Trinajstić information content (AvgIpc) is 3.18. The molecule has 1 fully saturated rings. The first-order valence-corrected chi connectivity index (χ1v) is 7.22. The molecule has 0 saturated heterocycles. The van der Waals surface area contributed by atoms with Crippen LogP contribution in [0.1, 0.15) is 28.9 Å². The zero-order valence-electron chi connectivity index (χ0n) is 10.5. The number of nitrogens with zero attached hydrogens (tertiary/aromatic N) is 1. The SMILES string of the molecule is O=C(c1cc(Br)c[nH]1)N(Cc1ccccc1)C1CC1. The number of nitrogens with one attached hydrogen (secondary N) is 1. The number of hydrogen-bond donors (Lipinski definition) is 1. The first kappa shape index (κ1) is 12.5. The number of hydrogen-bond acceptors (Lipinski definition) is 1. The van der Waals surface area contributed by atoms with Crippen molar-refractivity contribution in [1.82, 2.24) is 9.88 Å². The minimum Gasteiger partial charge on any atom is -0.356 e. The molecule has 4 heteroatoms. The summed E-state index contributed by atoms with van der Waals surface area (Å²) in [5.41, 5.74) is 1.82. The van der Waals surface area contributed by atoms with E-state index in [0.29, 0.717) is 18.3 Å². The quantitative estimate of drug-likeness (QED) is 0.919. The van der Waals surface area contributed by atoms with E-state index in [1.807, 2.05) is 29.2 Å². The normalized spacial score (nSPS) is 14.4. The zero-order valence-corrected chi connectivity index (χ0v) is 12.1. The summed E-state index contributed by atoms with van der Waals surface area (Å²) in [5.74, 6) is 0.0806. The Bertz CT molecular complexity index is 575. The maximum Gasteiger partial charge on any atom is 0.270 e. The maximum atomic E-state index is 12.5. The second kappa shape index (κ2) is 5.21. The van der Waals surface area contributed by atoms with E-state index in [2.05, 4.69) is 33.0 Å². The number of aromatic nitrogens is 1. The lowest BCUT2D eigenvalue weighted by Crippen LogP contribution is -2.32. The van der Waals surface area contributed by atoms with E-state index < -0.39 is 0 Å². The van der Waals surface area contributed by atoms with Crippen LogP contribution in [-0.4, -0.2) is 21.8 Å². The number of rotatable bonds is 4. The van der Waals surface area contributed by atoms with Crippen molar-refractivity contribution in [3.8, 4) is 0 Å². The second-order valence-electron chi connectivity index (χ2n) is 4.88. The maximum absolute atomic E-state index is 12.5. The minimum atomic E-state index is 0.0806. The first-order valence-electron chi connectivity index (χ1n) is 6.43. The number of amides is 1. The summed E-state index contributed by atoms with van der Waals surface area (Å²) in [4.78, 5) is 17.5. The molecule has 3 rings (SSSR count). The molecule has 0 unspecified atom stereocenters. The predicted octanol–water partition coefficient (Wildman–Crippen LogP) is 3.58. The molecule has 0 aliphatic heterocycles. The van der Waals surface area contributed by atoms with Crippen LogP contribution in [0.5, 0.6) is 0 Å². The van der Waals surface area contributed by atoms with Crippen molar-refractivity contribution in [2.45, 2.75) is 25.4 Å². The Morgan fingerprint density at radius 1 is 1.32 bits per heavy atom. The lowest BCUT2D eigenvalue weighted by Gasteiger charge is -2.22. The summed E-state index contributed by atoms with van der Waals surface area (Å²) in [6.07, 6.45) is 4.02. The van der Waals surface area contributed by atoms with E-state index in [0.717, 1.165) is 17.3 Å². The number of halogens is 1. The van der Waals surface area contributed by atoms with Gasteiger partial charge >= 0.3 is 0 Å². The molecule has 0 atom stereocenters. The van der Waals surface area contributed by atoms with Gasteiger partial charge in [-0.3, -0.25) is 4.79 Å². The third-order valence-electron chi connectivity index (χ3n) is 3.32. The van der Waals surface area contributed by atoms with Gasteiger partial charge in [0.25, 0.3) is 5.91 Å². The molecule has 19 heavy (non-hydrogen) atoms. The molecular weight excluding hydrogens is 304 g/mol. The van der Waals surface area contributed by atoms with Crippen LogP contribution >= 0.6 is 15.9 Å². The summed E-state index contributed by atoms with van der Waals surface area (Å²) in [5, 5.41) is 0. The molecule has 1 amide bonds. The lowest BCUT2D eigenvalue weighted by molar-refractivity contribution is 0.0724. The van der Waals surface area contributed by atoms with Gasteiger partial charge in [-0.05, 0) is 40.4 Å². The van der Waals surface area contributed by atoms with Crippen molar-refractivity contribution in [2.75, 3.05) is 0 Å². The Morgan fingerprint density at radius 3 is 2.63 bits per heavy atom. The van der Waals surface area contributed by atoms with Crippen molar-refractivity contribution in [3.05, 3.63) is 58.3 Å². The summed E-state index contributed by atoms with van der Waals surface area (Å²) in [6, 6.07) is 12.4. The van der Waals surface area contributed by atoms with Crippen molar-refractivity contribution >= 4 is 21.8 Å². The van der Waals surface area contributed by atoms with Gasteiger partial charge in [0.05, 0.1) is 0 Å². The van der Waals surface area contributed by atoms with Gasteiger partial charge in [-0.15, -0.1) is 0 Å². The Labute approximate surface area is 120 Å². The van der Waals surface area contributed by atoms with Crippen LogP contribution in [0.3, 0.4) is 0 Å². The van der Waals surface area contributed by atoms with Gasteiger partial charge in [0.2, 0.25) is 0 Å². The largest absolute Gasteiger partial charge is 0.356 e. The van der Waals surface area contributed by atoms with Crippen LogP contribution in [-0.2, 0) is 6.54 Å². The van der Waals surface area contributed by atoms with Crippen molar-refractivity contribution in [1.29, 1.82) is 0 Å². The molecule has 98 valence electrons. The molecule has 0 radical (unpaired) electrons. The zero-order chi connectivity index (χ0) is 13.2. The molecule has 1 aromatic heterocycles. The number of carbonyl (C=O) groups excluding carboxylic acids is 1. The van der Waals surface area contributed by atoms with Gasteiger partial charge in [-0.1, -0.05) is 30.3 Å². The highest BCUT2D eigenvalue weighted by Gasteiger charge is 2.33. The number of aromatic amines is 1. The van der Waals surface area contributed by atoms with Crippen molar-refractivity contribution < 1.29 is 4.79 Å². The summed E-state index contributed by atoms with van der Waals surface area (Å²) < 4.78 is 0.909. The van der Waals surface area contributed by atoms with Gasteiger partial charge in [0, 0.05) is 23.3 Å². The lowest BCUT2D eigenvalue weighted by atomic mass is 10.2. The standard InChI is InChI=1S/C15H15BrN2O/c16-12-8-14(17-9-12)15(19)18(13-6-7-13)10-11-4-2-1-3-5-11/h1-5,8-9,13,17H,6-7,10H2. The second-order valence-corrected chi connectivity index (χ2v) is 5.80. The molecule has 2 aromatic rings. The van der Waals surface area contributed by atoms with Crippen molar-refractivity contribution in [3.63, 3.8) is 0 Å². The highest BCUT2D eigenvalue weighted by Crippen LogP contribution is 2.30. The Morgan fingerprint density at radius 2 is 2.05 bits per heavy atom. The Hall–Kier alpha value is -1.55. The van der Waals surface area contributed by atoms with E-state index in [-0.39, 0.29) is 5.91 Å². The fraction of sp³-hybridized carbons (Fsp3) is 0.267. The van der Waals surface area contributed by atoms with E-state index in [9.17, 15) is 4.79 Å². The molecule has 1 heterocycles. The summed E-state index contributed by atoms with van der Waals surface area (Å²) in [7, 11) is 0. The Balaban J connectivity index is 1.79. The summed E-state index contributed by atoms with van der Waals surface area (Å²) in [6.45, 7) is 0.682. The molecule has 3 nitrogen and oxygen atoms in total. The fourth-order valence-corrected chi connectivity index (χ4v) is 2.52. The molecule has 1 saturated carbocycles. The summed E-state index contributed by atoms with van der Waals surface area (Å²) >= 11 is 3.37. The van der Waals surface area contributed by atoms with Crippen molar-refractivity contribution in [2.24, 2.45) is 0 Å². The average molecular weight is 319 g/mol. The van der Waals surface area contributed by atoms with Gasteiger partial charge in [0.1, 0.15) is 5.69 Å². The minimum absolute atomic E-state index is 0.0806. The molecule has 0 bridgehead atoms. The molecular formula is C15H15BrN2O. The van der Waals surface area contributed by atoms with Crippen LogP contribution in [0, 0.1) is 0 Å². The van der Waals surface area contributed by atoms with Crippen LogP contribution in [0.25, 0.3) is 0 Å². The van der Waals surface area contributed by atoms with E-state index >= 15 is 0 Å². The van der Waals surface area contributed by atoms with Crippen LogP contribution in [0.15, 0.2) is 47.1 Å². The highest BCUT2D eigenvalue weighted by atomic mass is 79.9. The van der Waals surface area contributed by atoms with Gasteiger partial charge in [-0.25, -0.2) is 0 Å². The van der Waals surface area contributed by atoms with E-state index in [4.69, 9.17) is 0 Å². The van der Waals surface area contributed by atoms with Crippen LogP contribution < -0.4 is 0 Å². The van der Waals surface area contributed by atoms with Crippen LogP contribution in [0.4, 0.5) is 0 Å². The topological polar surface area (TPSA) is 36.1 Å². The smallest absolute Gasteiger partial charge is 0.270 e. The fourth-order valence-electron chi connectivity index (χ4n) is 2.18. The van der Waals surface area contributed by atoms with Crippen LogP contribution in [0.2, 0.25) is 0 Å². The molecule has 1 aliphatic rings. The van der Waals surface area contributed by atoms with Gasteiger partial charge in [0.15, 0.2) is 0 Å². The van der Waals surface area contributed by atoms with E-state index in [1.165, 1.54) is 5.56 Å². The predicted molar refractivity (Wildman–Crippen MR) is 77.8 cm³/mol. The highest BCUT2D eigenvalue weighted by molar-refractivity contribution is 9.10. The molecule has 1 aromatic carbocycles. The number of benzene rings is 1. The molecule has 1 N–H and O–H groups in total. The van der Waals surface area contributed by atoms with E-state index in [1.54, 1.807) is 6.20 Å². The number of H-pyrrole nitrogens is 1.